The van der Waals surface area contributed by atoms with Crippen molar-refractivity contribution in [1.82, 2.24) is 0 Å². The van der Waals surface area contributed by atoms with Gasteiger partial charge in [0.2, 0.25) is 0 Å². The Morgan fingerprint density at radius 3 is 2.47 bits per heavy atom. The molecule has 19 heavy (non-hydrogen) atoms. The highest BCUT2D eigenvalue weighted by molar-refractivity contribution is 14.1. The molecule has 2 unspecified atom stereocenters. The molecule has 0 aliphatic carbocycles. The van der Waals surface area contributed by atoms with Crippen molar-refractivity contribution < 1.29 is 9.84 Å². The molecule has 1 heterocycles. The molecule has 2 aromatic rings. The molecule has 102 valence electrons. The number of hydrogen-bond acceptors (Lipinski definition) is 4. The molecule has 0 spiro atoms. The van der Waals surface area contributed by atoms with Crippen LogP contribution >= 0.6 is 33.9 Å². The highest BCUT2D eigenvalue weighted by Gasteiger charge is 2.22. The average Bonchev–Trinajstić information content (AvgIpc) is 2.87. The van der Waals surface area contributed by atoms with Crippen LogP contribution in [-0.2, 0) is 0 Å². The molecular weight excluding hydrogens is 373 g/mol. The normalized spacial score (nSPS) is 14.1. The fraction of sp³-hybridized carbons (Fsp3) is 0.286. The Morgan fingerprint density at radius 1 is 1.32 bits per heavy atom. The topological polar surface area (TPSA) is 55.5 Å². The van der Waals surface area contributed by atoms with Crippen LogP contribution in [-0.4, -0.2) is 18.8 Å². The number of halogens is 1. The van der Waals surface area contributed by atoms with Crippen LogP contribution in [0, 0.1) is 2.88 Å². The summed E-state index contributed by atoms with van der Waals surface area (Å²) in [7, 11) is 1.64. The zero-order chi connectivity index (χ0) is 13.8. The van der Waals surface area contributed by atoms with Gasteiger partial charge in [0, 0.05) is 12.5 Å². The number of ether oxygens (including phenoxy) is 1. The number of nitrogens with two attached hydrogens (primary N) is 1. The molecule has 1 aromatic heterocycles. The largest absolute Gasteiger partial charge is 0.497 e. The molecule has 0 radical (unpaired) electrons. The van der Waals surface area contributed by atoms with Gasteiger partial charge in [-0.1, -0.05) is 12.1 Å². The van der Waals surface area contributed by atoms with Crippen LogP contribution < -0.4 is 10.5 Å². The summed E-state index contributed by atoms with van der Waals surface area (Å²) >= 11 is 3.88. The van der Waals surface area contributed by atoms with Gasteiger partial charge < -0.3 is 15.6 Å². The van der Waals surface area contributed by atoms with Crippen LogP contribution in [0.15, 0.2) is 35.7 Å². The third-order valence-corrected chi connectivity index (χ3v) is 4.92. The second kappa shape index (κ2) is 6.69. The molecule has 0 bridgehead atoms. The lowest BCUT2D eigenvalue weighted by Crippen LogP contribution is -2.19. The summed E-state index contributed by atoms with van der Waals surface area (Å²) in [5, 5.41) is 12.5. The molecule has 0 fully saturated rings. The van der Waals surface area contributed by atoms with Crippen molar-refractivity contribution >= 4 is 33.9 Å². The van der Waals surface area contributed by atoms with Crippen LogP contribution in [0.4, 0.5) is 0 Å². The molecule has 0 aliphatic heterocycles. The highest BCUT2D eigenvalue weighted by Crippen LogP contribution is 2.33. The van der Waals surface area contributed by atoms with E-state index in [0.717, 1.165) is 19.8 Å². The smallest absolute Gasteiger partial charge is 0.118 e. The van der Waals surface area contributed by atoms with E-state index in [0.29, 0.717) is 6.54 Å². The SMILES string of the molecule is COc1ccc(C(CN)C(O)c2csc(I)c2)cc1. The lowest BCUT2D eigenvalue weighted by Gasteiger charge is -2.21. The lowest BCUT2D eigenvalue weighted by atomic mass is 9.90. The first-order chi connectivity index (χ1) is 9.15. The minimum atomic E-state index is -0.571. The summed E-state index contributed by atoms with van der Waals surface area (Å²) in [6.07, 6.45) is -0.571. The molecule has 0 saturated heterocycles. The summed E-state index contributed by atoms with van der Waals surface area (Å²) in [5.74, 6) is 0.704. The van der Waals surface area contributed by atoms with Crippen molar-refractivity contribution in [1.29, 1.82) is 0 Å². The molecule has 3 N–H and O–H groups in total. The van der Waals surface area contributed by atoms with Crippen molar-refractivity contribution in [3.63, 3.8) is 0 Å². The molecule has 5 heteroatoms. The van der Waals surface area contributed by atoms with E-state index < -0.39 is 6.10 Å². The third kappa shape index (κ3) is 3.47. The van der Waals surface area contributed by atoms with E-state index >= 15 is 0 Å². The highest BCUT2D eigenvalue weighted by atomic mass is 127. The van der Waals surface area contributed by atoms with Crippen molar-refractivity contribution in [2.45, 2.75) is 12.0 Å². The zero-order valence-corrected chi connectivity index (χ0v) is 13.5. The van der Waals surface area contributed by atoms with E-state index in [9.17, 15) is 5.11 Å². The first kappa shape index (κ1) is 14.8. The van der Waals surface area contributed by atoms with Crippen LogP contribution in [0.1, 0.15) is 23.1 Å². The number of methoxy groups -OCH3 is 1. The first-order valence-corrected chi connectivity index (χ1v) is 7.87. The van der Waals surface area contributed by atoms with Crippen molar-refractivity contribution in [3.8, 4) is 5.75 Å². The molecule has 0 amide bonds. The van der Waals surface area contributed by atoms with Crippen LogP contribution in [0.25, 0.3) is 0 Å². The number of aliphatic hydroxyl groups excluding tert-OH is 1. The van der Waals surface area contributed by atoms with Gasteiger partial charge >= 0.3 is 0 Å². The molecular formula is C14H16INO2S. The molecule has 3 nitrogen and oxygen atoms in total. The minimum absolute atomic E-state index is 0.101. The second-order valence-electron chi connectivity index (χ2n) is 4.24. The van der Waals surface area contributed by atoms with E-state index in [1.54, 1.807) is 18.4 Å². The fourth-order valence-electron chi connectivity index (χ4n) is 2.01. The monoisotopic (exact) mass is 389 g/mol. The van der Waals surface area contributed by atoms with Crippen molar-refractivity contribution in [3.05, 3.63) is 49.7 Å². The maximum atomic E-state index is 10.5. The number of aliphatic hydroxyl groups is 1. The van der Waals surface area contributed by atoms with Crippen LogP contribution in [0.5, 0.6) is 5.75 Å². The van der Waals surface area contributed by atoms with Gasteiger partial charge in [0.25, 0.3) is 0 Å². The predicted octanol–water partition coefficient (Wildman–Crippen LogP) is 3.14. The summed E-state index contributed by atoms with van der Waals surface area (Å²) < 4.78 is 6.30. The van der Waals surface area contributed by atoms with Gasteiger partial charge in [0.1, 0.15) is 5.75 Å². The van der Waals surface area contributed by atoms with Gasteiger partial charge in [-0.3, -0.25) is 0 Å². The van der Waals surface area contributed by atoms with E-state index in [1.807, 2.05) is 35.7 Å². The van der Waals surface area contributed by atoms with Gasteiger partial charge in [-0.25, -0.2) is 0 Å². The van der Waals surface area contributed by atoms with Gasteiger partial charge in [-0.15, -0.1) is 11.3 Å². The Morgan fingerprint density at radius 2 is 2.00 bits per heavy atom. The van der Waals surface area contributed by atoms with Gasteiger partial charge in [0.15, 0.2) is 0 Å². The van der Waals surface area contributed by atoms with Crippen LogP contribution in [0.3, 0.4) is 0 Å². The Kier molecular flexibility index (Phi) is 5.20. The van der Waals surface area contributed by atoms with Gasteiger partial charge in [-0.05, 0) is 57.3 Å². The maximum Gasteiger partial charge on any atom is 0.118 e. The number of thiophene rings is 1. The van der Waals surface area contributed by atoms with Crippen molar-refractivity contribution in [2.24, 2.45) is 5.73 Å². The Hall–Kier alpha value is -0.630. The minimum Gasteiger partial charge on any atom is -0.497 e. The maximum absolute atomic E-state index is 10.5. The van der Waals surface area contributed by atoms with E-state index in [2.05, 4.69) is 22.6 Å². The number of hydrogen-bond donors (Lipinski definition) is 2. The average molecular weight is 389 g/mol. The van der Waals surface area contributed by atoms with Gasteiger partial charge in [-0.2, -0.15) is 0 Å². The summed E-state index contributed by atoms with van der Waals surface area (Å²) in [6, 6.07) is 9.69. The Balaban J connectivity index is 2.23. The lowest BCUT2D eigenvalue weighted by molar-refractivity contribution is 0.148. The standard InChI is InChI=1S/C14H16INO2S/c1-18-11-4-2-9(3-5-11)12(7-16)14(17)10-6-13(15)19-8-10/h2-6,8,12,14,17H,7,16H2,1H3. The quantitative estimate of drug-likeness (QED) is 0.773. The Bertz CT molecular complexity index is 526. The molecule has 0 saturated carbocycles. The number of rotatable bonds is 5. The predicted molar refractivity (Wildman–Crippen MR) is 86.8 cm³/mol. The zero-order valence-electron chi connectivity index (χ0n) is 10.5. The Labute approximate surface area is 130 Å². The fourth-order valence-corrected chi connectivity index (χ4v) is 3.41. The first-order valence-electron chi connectivity index (χ1n) is 5.91. The molecule has 1 aromatic carbocycles. The molecule has 2 atom stereocenters. The third-order valence-electron chi connectivity index (χ3n) is 3.11. The summed E-state index contributed by atoms with van der Waals surface area (Å²) in [5.41, 5.74) is 7.79. The number of benzene rings is 1. The van der Waals surface area contributed by atoms with E-state index in [4.69, 9.17) is 10.5 Å². The summed E-state index contributed by atoms with van der Waals surface area (Å²) in [4.78, 5) is 0. The van der Waals surface area contributed by atoms with E-state index in [1.165, 1.54) is 0 Å². The second-order valence-corrected chi connectivity index (χ2v) is 7.05. The van der Waals surface area contributed by atoms with E-state index in [-0.39, 0.29) is 5.92 Å². The van der Waals surface area contributed by atoms with Gasteiger partial charge in [0.05, 0.1) is 16.1 Å². The van der Waals surface area contributed by atoms with Crippen LogP contribution in [0.2, 0.25) is 0 Å². The summed E-state index contributed by atoms with van der Waals surface area (Å²) in [6.45, 7) is 0.403. The molecule has 2 rings (SSSR count). The molecule has 0 aliphatic rings. The van der Waals surface area contributed by atoms with Crippen molar-refractivity contribution in [2.75, 3.05) is 13.7 Å².